The molecule has 218 valence electrons. The zero-order chi connectivity index (χ0) is 29.8. The van der Waals surface area contributed by atoms with Gasteiger partial charge in [0.05, 0.1) is 6.20 Å². The summed E-state index contributed by atoms with van der Waals surface area (Å²) in [7, 11) is 0. The second kappa shape index (κ2) is 12.7. The molecule has 0 radical (unpaired) electrons. The molecule has 0 aliphatic carbocycles. The number of nitrogens with zero attached hydrogens (tertiary/aromatic N) is 3. The van der Waals surface area contributed by atoms with Crippen molar-refractivity contribution in [2.75, 3.05) is 6.61 Å². The van der Waals surface area contributed by atoms with Gasteiger partial charge in [0.25, 0.3) is 0 Å². The maximum absolute atomic E-state index is 13.9. The van der Waals surface area contributed by atoms with E-state index in [1.807, 2.05) is 0 Å². The van der Waals surface area contributed by atoms with Gasteiger partial charge in [-0.1, -0.05) is 17.0 Å². The Hall–Kier alpha value is -3.98. The number of carbonyl (C=O) groups excluding carboxylic acids is 3. The van der Waals surface area contributed by atoms with Crippen molar-refractivity contribution >= 4 is 29.7 Å². The third kappa shape index (κ3) is 7.21. The molecule has 0 spiro atoms. The van der Waals surface area contributed by atoms with Crippen LogP contribution in [0.15, 0.2) is 47.5 Å². The Morgan fingerprint density at radius 3 is 2.12 bits per heavy atom. The molecule has 1 aliphatic rings. The van der Waals surface area contributed by atoms with Gasteiger partial charge in [-0.15, -0.1) is 5.10 Å². The fourth-order valence-corrected chi connectivity index (χ4v) is 5.29. The largest absolute Gasteiger partial charge is 0.463 e. The lowest BCUT2D eigenvalue weighted by Crippen LogP contribution is -2.57. The van der Waals surface area contributed by atoms with Crippen LogP contribution in [0.1, 0.15) is 26.8 Å². The Morgan fingerprint density at radius 2 is 1.54 bits per heavy atom. The number of ether oxygens (including phenoxy) is 4. The van der Waals surface area contributed by atoms with Gasteiger partial charge in [0.2, 0.25) is 0 Å². The van der Waals surface area contributed by atoms with Crippen LogP contribution in [-0.4, -0.2) is 63.3 Å². The molecule has 0 bridgehead atoms. The fourth-order valence-electron chi connectivity index (χ4n) is 4.18. The number of hydrogen-bond acceptors (Lipinski definition) is 10. The molecule has 0 saturated carbocycles. The first-order valence-electron chi connectivity index (χ1n) is 12.0. The van der Waals surface area contributed by atoms with Crippen molar-refractivity contribution in [3.05, 3.63) is 65.9 Å². The van der Waals surface area contributed by atoms with Crippen molar-refractivity contribution in [3.63, 3.8) is 0 Å². The first kappa shape index (κ1) is 30.0. The Kier molecular flexibility index (Phi) is 9.28. The van der Waals surface area contributed by atoms with Crippen molar-refractivity contribution in [1.82, 2.24) is 15.0 Å². The van der Waals surface area contributed by atoms with Crippen LogP contribution in [0.3, 0.4) is 0 Å². The highest BCUT2D eigenvalue weighted by Gasteiger charge is 2.52. The molecule has 0 amide bonds. The Labute approximate surface area is 234 Å². The molecule has 5 atom stereocenters. The monoisotopic (exact) mass is 597 g/mol. The highest BCUT2D eigenvalue weighted by atomic mass is 32.2. The van der Waals surface area contributed by atoms with E-state index in [2.05, 4.69) is 10.3 Å². The van der Waals surface area contributed by atoms with Crippen LogP contribution in [0.5, 0.6) is 0 Å². The number of thioether (sulfide) groups is 1. The standard InChI is InChI=1S/C26H23F4N3O7S/c1-12(34)37-11-21-24(38-13(2)35)23(33-10-20(31-32-33)15-8-18(28)22(30)19(29)9-15)25(39-14(3)36)26(40-21)41-17-6-4-16(27)5-7-17/h4-10,21,23-26H,11H2,1-3H3/t21?,23?,24-,25-,26+/m0/s1. The van der Waals surface area contributed by atoms with Gasteiger partial charge in [-0.3, -0.25) is 14.4 Å². The lowest BCUT2D eigenvalue weighted by Gasteiger charge is -2.44. The van der Waals surface area contributed by atoms with Crippen molar-refractivity contribution in [1.29, 1.82) is 0 Å². The molecule has 1 saturated heterocycles. The summed E-state index contributed by atoms with van der Waals surface area (Å²) in [5.74, 6) is -7.20. The summed E-state index contributed by atoms with van der Waals surface area (Å²) in [6.45, 7) is 3.04. The minimum Gasteiger partial charge on any atom is -0.463 e. The van der Waals surface area contributed by atoms with Crippen LogP contribution in [-0.2, 0) is 33.3 Å². The molecule has 1 fully saturated rings. The van der Waals surface area contributed by atoms with Crippen molar-refractivity contribution < 1.29 is 50.9 Å². The van der Waals surface area contributed by atoms with Gasteiger partial charge in [-0.05, 0) is 36.4 Å². The SMILES string of the molecule is CC(=O)OCC1O[C@H](Sc2ccc(F)cc2)[C@@H](OC(C)=O)C(n2cc(-c3cc(F)c(F)c(F)c3)nn2)[C@H]1OC(C)=O. The average molecular weight is 598 g/mol. The lowest BCUT2D eigenvalue weighted by atomic mass is 9.96. The lowest BCUT2D eigenvalue weighted by molar-refractivity contribution is -0.212. The first-order chi connectivity index (χ1) is 19.4. The van der Waals surface area contributed by atoms with E-state index in [1.165, 1.54) is 30.5 Å². The van der Waals surface area contributed by atoms with Crippen LogP contribution in [0.25, 0.3) is 11.3 Å². The van der Waals surface area contributed by atoms with Crippen LogP contribution >= 0.6 is 11.8 Å². The van der Waals surface area contributed by atoms with E-state index in [9.17, 15) is 31.9 Å². The summed E-state index contributed by atoms with van der Waals surface area (Å²) in [6, 6.07) is 5.63. The van der Waals surface area contributed by atoms with Crippen LogP contribution in [0, 0.1) is 23.3 Å². The second-order valence-corrected chi connectivity index (χ2v) is 10.1. The fraction of sp³-hybridized carbons (Fsp3) is 0.346. The van der Waals surface area contributed by atoms with Crippen molar-refractivity contribution in [3.8, 4) is 11.3 Å². The van der Waals surface area contributed by atoms with Gasteiger partial charge in [-0.2, -0.15) is 0 Å². The summed E-state index contributed by atoms with van der Waals surface area (Å²) in [4.78, 5) is 36.5. The second-order valence-electron chi connectivity index (χ2n) is 8.89. The summed E-state index contributed by atoms with van der Waals surface area (Å²) in [5, 5.41) is 7.94. The Morgan fingerprint density at radius 1 is 0.927 bits per heavy atom. The van der Waals surface area contributed by atoms with E-state index in [4.69, 9.17) is 18.9 Å². The molecule has 4 rings (SSSR count). The normalized spacial score (nSPS) is 22.2. The molecule has 2 unspecified atom stereocenters. The third-order valence-corrected chi connectivity index (χ3v) is 6.99. The zero-order valence-electron chi connectivity index (χ0n) is 21.8. The molecule has 3 aromatic rings. The van der Waals surface area contributed by atoms with Gasteiger partial charge in [-0.25, -0.2) is 22.2 Å². The number of esters is 3. The number of rotatable bonds is 8. The summed E-state index contributed by atoms with van der Waals surface area (Å²) >= 11 is 1.04. The number of aromatic nitrogens is 3. The van der Waals surface area contributed by atoms with E-state index in [0.717, 1.165) is 49.3 Å². The minimum absolute atomic E-state index is 0.0864. The van der Waals surface area contributed by atoms with E-state index in [-0.39, 0.29) is 17.9 Å². The Bertz CT molecular complexity index is 1420. The molecule has 41 heavy (non-hydrogen) atoms. The van der Waals surface area contributed by atoms with E-state index < -0.39 is 71.0 Å². The smallest absolute Gasteiger partial charge is 0.303 e. The number of benzene rings is 2. The van der Waals surface area contributed by atoms with Gasteiger partial charge in [0.15, 0.2) is 29.7 Å². The van der Waals surface area contributed by atoms with E-state index in [0.29, 0.717) is 4.90 Å². The molecule has 0 N–H and O–H groups in total. The summed E-state index contributed by atoms with van der Waals surface area (Å²) in [6.07, 6.45) is -2.41. The molecular formula is C26H23F4N3O7S. The average Bonchev–Trinajstić information content (AvgIpc) is 3.38. The number of hydrogen-bond donors (Lipinski definition) is 0. The molecule has 2 heterocycles. The predicted molar refractivity (Wildman–Crippen MR) is 133 cm³/mol. The maximum Gasteiger partial charge on any atom is 0.303 e. The van der Waals surface area contributed by atoms with Gasteiger partial charge in [0, 0.05) is 31.2 Å². The molecular weight excluding hydrogens is 574 g/mol. The number of halogens is 4. The molecule has 1 aliphatic heterocycles. The Balaban J connectivity index is 1.81. The molecule has 10 nitrogen and oxygen atoms in total. The van der Waals surface area contributed by atoms with Gasteiger partial charge >= 0.3 is 17.9 Å². The summed E-state index contributed by atoms with van der Waals surface area (Å²) < 4.78 is 78.4. The maximum atomic E-state index is 13.9. The highest BCUT2D eigenvalue weighted by molar-refractivity contribution is 7.99. The van der Waals surface area contributed by atoms with E-state index >= 15 is 0 Å². The molecule has 1 aromatic heterocycles. The van der Waals surface area contributed by atoms with Crippen LogP contribution < -0.4 is 0 Å². The predicted octanol–water partition coefficient (Wildman–Crippen LogP) is 3.99. The molecule has 15 heteroatoms. The van der Waals surface area contributed by atoms with Crippen LogP contribution in [0.2, 0.25) is 0 Å². The zero-order valence-corrected chi connectivity index (χ0v) is 22.6. The quantitative estimate of drug-likeness (QED) is 0.163. The van der Waals surface area contributed by atoms with E-state index in [1.54, 1.807) is 0 Å². The minimum atomic E-state index is -1.66. The summed E-state index contributed by atoms with van der Waals surface area (Å²) in [5.41, 5.74) is -1.28. The number of carbonyl (C=O) groups is 3. The van der Waals surface area contributed by atoms with Gasteiger partial charge in [0.1, 0.15) is 35.7 Å². The van der Waals surface area contributed by atoms with Gasteiger partial charge < -0.3 is 18.9 Å². The van der Waals surface area contributed by atoms with Crippen molar-refractivity contribution in [2.24, 2.45) is 0 Å². The topological polar surface area (TPSA) is 119 Å². The molecule has 2 aromatic carbocycles. The van der Waals surface area contributed by atoms with Crippen molar-refractivity contribution in [2.45, 2.75) is 55.5 Å². The van der Waals surface area contributed by atoms with Crippen LogP contribution in [0.4, 0.5) is 17.6 Å². The first-order valence-corrected chi connectivity index (χ1v) is 12.9. The third-order valence-electron chi connectivity index (χ3n) is 5.83. The highest BCUT2D eigenvalue weighted by Crippen LogP contribution is 2.41.